The van der Waals surface area contributed by atoms with Crippen LogP contribution in [0.2, 0.25) is 0 Å². The first kappa shape index (κ1) is 13.6. The highest BCUT2D eigenvalue weighted by atomic mass is 28.2. The summed E-state index contributed by atoms with van der Waals surface area (Å²) in [4.78, 5) is 0. The molecule has 4 heteroatoms. The minimum atomic E-state index is -0.238. The van der Waals surface area contributed by atoms with Crippen LogP contribution in [0.15, 0.2) is 60.7 Å². The van der Waals surface area contributed by atoms with Crippen molar-refractivity contribution in [1.82, 2.24) is 0 Å². The summed E-state index contributed by atoms with van der Waals surface area (Å²) in [6.07, 6.45) is 0.464. The van der Waals surface area contributed by atoms with Gasteiger partial charge in [0.05, 0.1) is 6.61 Å². The highest BCUT2D eigenvalue weighted by Crippen LogP contribution is 2.14. The van der Waals surface area contributed by atoms with E-state index in [0.29, 0.717) is 23.5 Å². The van der Waals surface area contributed by atoms with Crippen LogP contribution in [0.1, 0.15) is 6.42 Å². The zero-order valence-electron chi connectivity index (χ0n) is 11.0. The molecule has 0 aromatic heterocycles. The quantitative estimate of drug-likeness (QED) is 0.572. The van der Waals surface area contributed by atoms with Crippen molar-refractivity contribution in [2.75, 3.05) is 6.61 Å². The van der Waals surface area contributed by atoms with Crippen LogP contribution >= 0.6 is 0 Å². The van der Waals surface area contributed by atoms with E-state index >= 15 is 0 Å². The third kappa shape index (κ3) is 4.77. The Hall–Kier alpha value is -1.78. The SMILES string of the molecule is [SiH3]OC(CCOc1ccccc1)Oc1ccccc1. The van der Waals surface area contributed by atoms with Crippen molar-refractivity contribution < 1.29 is 13.9 Å². The van der Waals surface area contributed by atoms with Crippen molar-refractivity contribution in [3.63, 3.8) is 0 Å². The van der Waals surface area contributed by atoms with E-state index in [9.17, 15) is 0 Å². The molecule has 0 N–H and O–H groups in total. The second-order valence-corrected chi connectivity index (χ2v) is 4.52. The molecule has 0 aliphatic heterocycles. The van der Waals surface area contributed by atoms with Crippen molar-refractivity contribution >= 4 is 10.5 Å². The van der Waals surface area contributed by atoms with E-state index < -0.39 is 0 Å². The predicted molar refractivity (Wildman–Crippen MR) is 78.4 cm³/mol. The summed E-state index contributed by atoms with van der Waals surface area (Å²) in [6.45, 7) is 0.573. The van der Waals surface area contributed by atoms with Gasteiger partial charge < -0.3 is 13.9 Å². The Morgan fingerprint density at radius 2 is 1.42 bits per heavy atom. The van der Waals surface area contributed by atoms with E-state index in [4.69, 9.17) is 13.9 Å². The highest BCUT2D eigenvalue weighted by Gasteiger charge is 2.08. The van der Waals surface area contributed by atoms with Gasteiger partial charge in [0, 0.05) is 6.42 Å². The van der Waals surface area contributed by atoms with Crippen molar-refractivity contribution in [2.45, 2.75) is 12.7 Å². The van der Waals surface area contributed by atoms with Gasteiger partial charge in [-0.3, -0.25) is 0 Å². The molecule has 0 aliphatic rings. The van der Waals surface area contributed by atoms with Crippen molar-refractivity contribution in [3.8, 4) is 11.5 Å². The number of ether oxygens (including phenoxy) is 2. The molecule has 1 atom stereocenters. The Labute approximate surface area is 116 Å². The Bertz CT molecular complexity index is 461. The lowest BCUT2D eigenvalue weighted by molar-refractivity contribution is -0.00341. The molecule has 2 rings (SSSR count). The van der Waals surface area contributed by atoms with Gasteiger partial charge in [-0.2, -0.15) is 0 Å². The molecule has 0 saturated heterocycles. The molecule has 0 fully saturated rings. The summed E-state index contributed by atoms with van der Waals surface area (Å²) in [7, 11) is 0.639. The van der Waals surface area contributed by atoms with Crippen LogP contribution in [0.25, 0.3) is 0 Å². The van der Waals surface area contributed by atoms with Crippen LogP contribution in [0.3, 0.4) is 0 Å². The first-order valence-corrected chi connectivity index (χ1v) is 7.12. The molecule has 0 radical (unpaired) electrons. The topological polar surface area (TPSA) is 27.7 Å². The van der Waals surface area contributed by atoms with E-state index in [0.717, 1.165) is 11.5 Å². The van der Waals surface area contributed by atoms with Crippen LogP contribution in [-0.4, -0.2) is 23.4 Å². The highest BCUT2D eigenvalue weighted by molar-refractivity contribution is 5.98. The molecule has 0 heterocycles. The summed E-state index contributed by atoms with van der Waals surface area (Å²) in [5.41, 5.74) is 0. The number of hydrogen-bond donors (Lipinski definition) is 0. The lowest BCUT2D eigenvalue weighted by Crippen LogP contribution is -2.22. The van der Waals surface area contributed by atoms with Gasteiger partial charge in [0.25, 0.3) is 0 Å². The van der Waals surface area contributed by atoms with Gasteiger partial charge in [0.15, 0.2) is 16.8 Å². The lowest BCUT2D eigenvalue weighted by atomic mass is 10.3. The molecule has 3 nitrogen and oxygen atoms in total. The number of rotatable bonds is 7. The first-order chi connectivity index (χ1) is 9.38. The minimum Gasteiger partial charge on any atom is -0.493 e. The van der Waals surface area contributed by atoms with E-state index in [-0.39, 0.29) is 6.29 Å². The van der Waals surface area contributed by atoms with Crippen LogP contribution in [0.4, 0.5) is 0 Å². The average Bonchev–Trinajstić information content (AvgIpc) is 2.48. The van der Waals surface area contributed by atoms with Gasteiger partial charge in [0.1, 0.15) is 11.5 Å². The smallest absolute Gasteiger partial charge is 0.193 e. The molecule has 0 bridgehead atoms. The van der Waals surface area contributed by atoms with Crippen molar-refractivity contribution in [3.05, 3.63) is 60.7 Å². The number of para-hydroxylation sites is 2. The zero-order valence-corrected chi connectivity index (χ0v) is 13.0. The average molecular weight is 274 g/mol. The van der Waals surface area contributed by atoms with Crippen LogP contribution in [-0.2, 0) is 4.43 Å². The van der Waals surface area contributed by atoms with Gasteiger partial charge in [-0.25, -0.2) is 0 Å². The van der Waals surface area contributed by atoms with Gasteiger partial charge >= 0.3 is 0 Å². The minimum absolute atomic E-state index is 0.238. The lowest BCUT2D eigenvalue weighted by Gasteiger charge is -2.18. The third-order valence-electron chi connectivity index (χ3n) is 2.64. The maximum atomic E-state index is 5.73. The third-order valence-corrected chi connectivity index (χ3v) is 3.16. The Morgan fingerprint density at radius 1 is 0.842 bits per heavy atom. The molecule has 0 spiro atoms. The molecular formula is C15H18O3Si. The van der Waals surface area contributed by atoms with Gasteiger partial charge in [-0.1, -0.05) is 36.4 Å². The molecule has 19 heavy (non-hydrogen) atoms. The fourth-order valence-corrected chi connectivity index (χ4v) is 2.00. The summed E-state index contributed by atoms with van der Waals surface area (Å²) < 4.78 is 16.8. The van der Waals surface area contributed by atoms with E-state index in [1.807, 2.05) is 60.7 Å². The van der Waals surface area contributed by atoms with E-state index in [1.54, 1.807) is 0 Å². The molecular weight excluding hydrogens is 256 g/mol. The van der Waals surface area contributed by atoms with Crippen molar-refractivity contribution in [1.29, 1.82) is 0 Å². The number of hydrogen-bond acceptors (Lipinski definition) is 3. The van der Waals surface area contributed by atoms with Gasteiger partial charge in [0.2, 0.25) is 0 Å². The number of benzene rings is 2. The molecule has 0 amide bonds. The van der Waals surface area contributed by atoms with E-state index in [1.165, 1.54) is 0 Å². The second kappa shape index (κ2) is 7.61. The normalized spacial score (nSPS) is 12.0. The molecule has 2 aromatic rings. The fraction of sp³-hybridized carbons (Fsp3) is 0.200. The summed E-state index contributed by atoms with van der Waals surface area (Å²) in [5, 5.41) is 0. The van der Waals surface area contributed by atoms with E-state index in [2.05, 4.69) is 0 Å². The molecule has 100 valence electrons. The van der Waals surface area contributed by atoms with Crippen LogP contribution < -0.4 is 9.47 Å². The van der Waals surface area contributed by atoms with Gasteiger partial charge in [-0.05, 0) is 24.3 Å². The summed E-state index contributed by atoms with van der Waals surface area (Å²) in [6, 6.07) is 19.4. The Kier molecular flexibility index (Phi) is 5.46. The first-order valence-electron chi connectivity index (χ1n) is 6.31. The summed E-state index contributed by atoms with van der Waals surface area (Å²) in [5.74, 6) is 1.69. The largest absolute Gasteiger partial charge is 0.493 e. The Morgan fingerprint density at radius 3 is 2.00 bits per heavy atom. The standard InChI is InChI=1S/C15H18O3Si/c19-18-15(17-14-9-5-2-6-10-14)11-12-16-13-7-3-1-4-8-13/h1-10,15H,11-12H2,19H3. The van der Waals surface area contributed by atoms with Crippen LogP contribution in [0.5, 0.6) is 11.5 Å². The van der Waals surface area contributed by atoms with Crippen LogP contribution in [0, 0.1) is 0 Å². The molecule has 0 aliphatic carbocycles. The maximum Gasteiger partial charge on any atom is 0.193 e. The predicted octanol–water partition coefficient (Wildman–Crippen LogP) is 2.16. The monoisotopic (exact) mass is 274 g/mol. The molecule has 1 unspecified atom stereocenters. The Balaban J connectivity index is 1.77. The molecule has 0 saturated carbocycles. The summed E-state index contributed by atoms with van der Waals surface area (Å²) >= 11 is 0. The second-order valence-electron chi connectivity index (χ2n) is 4.05. The fourth-order valence-electron chi connectivity index (χ4n) is 1.67. The van der Waals surface area contributed by atoms with Crippen molar-refractivity contribution in [2.24, 2.45) is 0 Å². The zero-order chi connectivity index (χ0) is 13.3. The van der Waals surface area contributed by atoms with Gasteiger partial charge in [-0.15, -0.1) is 0 Å². The molecule has 2 aromatic carbocycles. The maximum absolute atomic E-state index is 5.73.